The van der Waals surface area contributed by atoms with Crippen molar-refractivity contribution in [3.63, 3.8) is 0 Å². The molecular formula is C19H22N2O2. The maximum atomic E-state index is 12.4. The molecule has 1 N–H and O–H groups in total. The number of benzene rings is 2. The van der Waals surface area contributed by atoms with E-state index in [1.165, 1.54) is 5.56 Å². The lowest BCUT2D eigenvalue weighted by Gasteiger charge is -2.25. The number of nitrogens with zero attached hydrogens (tertiary/aromatic N) is 1. The first-order valence-electron chi connectivity index (χ1n) is 7.89. The van der Waals surface area contributed by atoms with Gasteiger partial charge in [0.2, 0.25) is 0 Å². The molecule has 0 aliphatic carbocycles. The summed E-state index contributed by atoms with van der Waals surface area (Å²) in [5.41, 5.74) is 2.29. The molecule has 3 rings (SSSR count). The van der Waals surface area contributed by atoms with Crippen molar-refractivity contribution in [2.75, 3.05) is 20.6 Å². The van der Waals surface area contributed by atoms with E-state index in [4.69, 9.17) is 4.74 Å². The van der Waals surface area contributed by atoms with Gasteiger partial charge in [0.05, 0.1) is 6.04 Å². The fraction of sp³-hybridized carbons (Fsp3) is 0.316. The van der Waals surface area contributed by atoms with Crippen molar-refractivity contribution in [1.29, 1.82) is 0 Å². The average molecular weight is 310 g/mol. The van der Waals surface area contributed by atoms with E-state index in [0.717, 1.165) is 11.3 Å². The van der Waals surface area contributed by atoms with E-state index in [9.17, 15) is 4.79 Å². The summed E-state index contributed by atoms with van der Waals surface area (Å²) < 4.78 is 5.74. The monoisotopic (exact) mass is 310 g/mol. The number of carbonyl (C=O) groups excluding carboxylic acids is 1. The lowest BCUT2D eigenvalue weighted by molar-refractivity contribution is -0.127. The minimum absolute atomic E-state index is 0.0519. The van der Waals surface area contributed by atoms with E-state index in [-0.39, 0.29) is 11.9 Å². The predicted octanol–water partition coefficient (Wildman–Crippen LogP) is 2.41. The maximum Gasteiger partial charge on any atom is 0.261 e. The zero-order chi connectivity index (χ0) is 16.2. The van der Waals surface area contributed by atoms with Gasteiger partial charge in [-0.25, -0.2) is 0 Å². The average Bonchev–Trinajstić information content (AvgIpc) is 2.99. The van der Waals surface area contributed by atoms with E-state index >= 15 is 0 Å². The molecule has 2 atom stereocenters. The number of fused-ring (bicyclic) bond motifs is 1. The molecule has 4 heteroatoms. The van der Waals surface area contributed by atoms with E-state index in [1.54, 1.807) is 0 Å². The van der Waals surface area contributed by atoms with Gasteiger partial charge >= 0.3 is 0 Å². The Bertz CT molecular complexity index is 645. The number of amides is 1. The van der Waals surface area contributed by atoms with Crippen LogP contribution in [0, 0.1) is 0 Å². The summed E-state index contributed by atoms with van der Waals surface area (Å²) in [6, 6.07) is 18.2. The molecule has 1 aliphatic heterocycles. The highest BCUT2D eigenvalue weighted by molar-refractivity contribution is 5.82. The Balaban J connectivity index is 1.60. The third-order valence-corrected chi connectivity index (χ3v) is 4.22. The maximum absolute atomic E-state index is 12.4. The number of ether oxygens (including phenoxy) is 1. The second-order valence-corrected chi connectivity index (χ2v) is 6.05. The Morgan fingerprint density at radius 1 is 1.17 bits per heavy atom. The Labute approximate surface area is 137 Å². The summed E-state index contributed by atoms with van der Waals surface area (Å²) in [5, 5.41) is 3.03. The van der Waals surface area contributed by atoms with Crippen LogP contribution < -0.4 is 10.1 Å². The molecule has 0 saturated heterocycles. The van der Waals surface area contributed by atoms with E-state index in [2.05, 4.69) is 22.3 Å². The van der Waals surface area contributed by atoms with E-state index in [0.29, 0.717) is 13.0 Å². The summed E-state index contributed by atoms with van der Waals surface area (Å²) in [4.78, 5) is 14.5. The summed E-state index contributed by atoms with van der Waals surface area (Å²) in [5.74, 6) is 0.767. The van der Waals surface area contributed by atoms with Crippen LogP contribution in [-0.4, -0.2) is 37.6 Å². The van der Waals surface area contributed by atoms with Gasteiger partial charge in [0.15, 0.2) is 6.10 Å². The first-order valence-corrected chi connectivity index (χ1v) is 7.89. The SMILES string of the molecule is CN(C)[C@@H](CNC(=O)[C@@H]1Cc2ccccc2O1)c1ccccc1. The smallest absolute Gasteiger partial charge is 0.261 e. The van der Waals surface area contributed by atoms with Gasteiger partial charge in [0.1, 0.15) is 5.75 Å². The van der Waals surface area contributed by atoms with Crippen molar-refractivity contribution in [3.8, 4) is 5.75 Å². The number of rotatable bonds is 5. The fourth-order valence-corrected chi connectivity index (χ4v) is 2.91. The topological polar surface area (TPSA) is 41.6 Å². The number of nitrogens with one attached hydrogen (secondary N) is 1. The lowest BCUT2D eigenvalue weighted by atomic mass is 10.1. The molecule has 23 heavy (non-hydrogen) atoms. The second kappa shape index (κ2) is 6.84. The summed E-state index contributed by atoms with van der Waals surface area (Å²) in [6.07, 6.45) is 0.214. The number of carbonyl (C=O) groups is 1. The van der Waals surface area contributed by atoms with Gasteiger partial charge in [-0.3, -0.25) is 4.79 Å². The Morgan fingerprint density at radius 3 is 2.57 bits per heavy atom. The molecule has 120 valence electrons. The highest BCUT2D eigenvalue weighted by Crippen LogP contribution is 2.28. The molecule has 1 heterocycles. The second-order valence-electron chi connectivity index (χ2n) is 6.05. The number of hydrogen-bond donors (Lipinski definition) is 1. The normalized spacial score (nSPS) is 17.4. The van der Waals surface area contributed by atoms with Gasteiger partial charge in [-0.1, -0.05) is 48.5 Å². The Hall–Kier alpha value is -2.33. The molecule has 0 bridgehead atoms. The number of hydrogen-bond acceptors (Lipinski definition) is 3. The summed E-state index contributed by atoms with van der Waals surface area (Å²) in [6.45, 7) is 0.562. The van der Waals surface area contributed by atoms with Gasteiger partial charge in [-0.15, -0.1) is 0 Å². The highest BCUT2D eigenvalue weighted by atomic mass is 16.5. The molecule has 0 aromatic heterocycles. The molecule has 4 nitrogen and oxygen atoms in total. The number of para-hydroxylation sites is 1. The predicted molar refractivity (Wildman–Crippen MR) is 90.4 cm³/mol. The Morgan fingerprint density at radius 2 is 1.87 bits per heavy atom. The van der Waals surface area contributed by atoms with Gasteiger partial charge in [-0.2, -0.15) is 0 Å². The van der Waals surface area contributed by atoms with Crippen molar-refractivity contribution in [1.82, 2.24) is 10.2 Å². The Kier molecular flexibility index (Phi) is 4.63. The first kappa shape index (κ1) is 15.6. The van der Waals surface area contributed by atoms with E-state index < -0.39 is 6.10 Å². The standard InChI is InChI=1S/C19H22N2O2/c1-21(2)16(14-8-4-3-5-9-14)13-20-19(22)18-12-15-10-6-7-11-17(15)23-18/h3-11,16,18H,12-13H2,1-2H3,(H,20,22)/t16-,18-/m0/s1. The third kappa shape index (κ3) is 3.54. The summed E-state index contributed by atoms with van der Waals surface area (Å²) in [7, 11) is 4.04. The molecule has 2 aromatic carbocycles. The van der Waals surface area contributed by atoms with Crippen LogP contribution in [0.15, 0.2) is 54.6 Å². The van der Waals surface area contributed by atoms with Gasteiger partial charge in [0, 0.05) is 13.0 Å². The van der Waals surface area contributed by atoms with Crippen LogP contribution in [-0.2, 0) is 11.2 Å². The molecular weight excluding hydrogens is 288 g/mol. The van der Waals surface area contributed by atoms with Gasteiger partial charge in [-0.05, 0) is 31.3 Å². The minimum Gasteiger partial charge on any atom is -0.480 e. The molecule has 2 aromatic rings. The summed E-state index contributed by atoms with van der Waals surface area (Å²) >= 11 is 0. The van der Waals surface area contributed by atoms with Crippen molar-refractivity contribution in [3.05, 3.63) is 65.7 Å². The van der Waals surface area contributed by atoms with E-state index in [1.807, 2.05) is 56.6 Å². The molecule has 1 amide bonds. The van der Waals surface area contributed by atoms with Gasteiger partial charge < -0.3 is 15.0 Å². The van der Waals surface area contributed by atoms with Crippen LogP contribution in [0.4, 0.5) is 0 Å². The molecule has 1 aliphatic rings. The first-order chi connectivity index (χ1) is 11.1. The van der Waals surface area contributed by atoms with Crippen molar-refractivity contribution < 1.29 is 9.53 Å². The quantitative estimate of drug-likeness (QED) is 0.922. The third-order valence-electron chi connectivity index (χ3n) is 4.22. The van der Waals surface area contributed by atoms with Crippen LogP contribution in [0.1, 0.15) is 17.2 Å². The van der Waals surface area contributed by atoms with Crippen molar-refractivity contribution in [2.24, 2.45) is 0 Å². The highest BCUT2D eigenvalue weighted by Gasteiger charge is 2.29. The van der Waals surface area contributed by atoms with Gasteiger partial charge in [0.25, 0.3) is 5.91 Å². The van der Waals surface area contributed by atoms with Crippen LogP contribution in [0.2, 0.25) is 0 Å². The van der Waals surface area contributed by atoms with Crippen LogP contribution in [0.3, 0.4) is 0 Å². The van der Waals surface area contributed by atoms with Crippen molar-refractivity contribution >= 4 is 5.91 Å². The van der Waals surface area contributed by atoms with Crippen molar-refractivity contribution in [2.45, 2.75) is 18.6 Å². The molecule has 0 radical (unpaired) electrons. The minimum atomic E-state index is -0.425. The molecule has 0 fully saturated rings. The fourth-order valence-electron chi connectivity index (χ4n) is 2.91. The zero-order valence-corrected chi connectivity index (χ0v) is 13.5. The lowest BCUT2D eigenvalue weighted by Crippen LogP contribution is -2.41. The van der Waals surface area contributed by atoms with Crippen LogP contribution in [0.5, 0.6) is 5.75 Å². The molecule has 0 unspecified atom stereocenters. The number of likely N-dealkylation sites (N-methyl/N-ethyl adjacent to an activating group) is 1. The van der Waals surface area contributed by atoms with Crippen LogP contribution >= 0.6 is 0 Å². The van der Waals surface area contributed by atoms with Crippen LogP contribution in [0.25, 0.3) is 0 Å². The molecule has 0 spiro atoms. The zero-order valence-electron chi connectivity index (χ0n) is 13.5. The largest absolute Gasteiger partial charge is 0.480 e. The molecule has 0 saturated carbocycles.